The lowest BCUT2D eigenvalue weighted by molar-refractivity contribution is 0.339. The number of hydrogen-bond acceptors (Lipinski definition) is 3. The van der Waals surface area contributed by atoms with Crippen LogP contribution in [0.25, 0.3) is 0 Å². The van der Waals surface area contributed by atoms with E-state index >= 15 is 0 Å². The van der Waals surface area contributed by atoms with E-state index in [4.69, 9.17) is 16.7 Å². The summed E-state index contributed by atoms with van der Waals surface area (Å²) in [5.41, 5.74) is 4.90. The highest BCUT2D eigenvalue weighted by Gasteiger charge is 1.90. The smallest absolute Gasteiger partial charge is 0.139 e. The van der Waals surface area contributed by atoms with Crippen LogP contribution in [0.1, 0.15) is 17.8 Å². The molecular weight excluding hydrogens is 128 g/mol. The van der Waals surface area contributed by atoms with Gasteiger partial charge in [0.1, 0.15) is 5.75 Å². The summed E-state index contributed by atoms with van der Waals surface area (Å²) in [5.74, 6) is -0.704. The number of aromatic nitrogens is 1. The molecule has 3 nitrogen and oxygen atoms in total. The molecule has 1 heterocycles. The first-order valence-electron chi connectivity index (χ1n) is 6.39. The van der Waals surface area contributed by atoms with Crippen LogP contribution < -0.4 is 10.5 Å². The monoisotopic (exact) mass is 146 g/mol. The second-order valence-corrected chi connectivity index (χ2v) is 1.41. The van der Waals surface area contributed by atoms with E-state index in [1.807, 2.05) is 0 Å². The van der Waals surface area contributed by atoms with Crippen LogP contribution in [0.4, 0.5) is 5.69 Å². The van der Waals surface area contributed by atoms with Crippen LogP contribution in [0.3, 0.4) is 0 Å². The number of nitrogens with zero attached hydrogens (tertiary/aromatic N) is 1. The van der Waals surface area contributed by atoms with Crippen molar-refractivity contribution in [3.8, 4) is 5.75 Å². The molecule has 1 rings (SSSR count). The fourth-order valence-corrected chi connectivity index (χ4v) is 0.417. The van der Waals surface area contributed by atoms with Crippen molar-refractivity contribution in [3.63, 3.8) is 0 Å². The van der Waals surface area contributed by atoms with Crippen LogP contribution in [-0.2, 0) is 0 Å². The van der Waals surface area contributed by atoms with Gasteiger partial charge in [0.05, 0.1) is 31.4 Å². The first-order chi connectivity index (χ1) is 7.97. The summed E-state index contributed by atoms with van der Waals surface area (Å²) in [6.07, 6.45) is -1.24. The van der Waals surface area contributed by atoms with E-state index in [-0.39, 0.29) is 0 Å². The second kappa shape index (κ2) is 3.06. The van der Waals surface area contributed by atoms with Crippen molar-refractivity contribution in [2.24, 2.45) is 0 Å². The lowest BCUT2D eigenvalue weighted by Crippen LogP contribution is -1.93. The number of rotatable bonds is 2. The van der Waals surface area contributed by atoms with Gasteiger partial charge in [0.25, 0.3) is 0 Å². The maximum absolute atomic E-state index is 7.48. The molecule has 0 fully saturated rings. The summed E-state index contributed by atoms with van der Waals surface area (Å²) < 4.78 is 61.9. The van der Waals surface area contributed by atoms with Gasteiger partial charge in [0.2, 0.25) is 0 Å². The Morgan fingerprint density at radius 1 is 2.00 bits per heavy atom. The minimum absolute atomic E-state index is 0.414. The van der Waals surface area contributed by atoms with Gasteiger partial charge in [-0.25, -0.2) is 0 Å². The molecule has 0 unspecified atom stereocenters. The number of hydrogen-bond donors (Lipinski definition) is 1. The van der Waals surface area contributed by atoms with E-state index in [0.717, 1.165) is 0 Å². The molecule has 1 aromatic heterocycles. The predicted octanol–water partition coefficient (Wildman–Crippen LogP) is 1.06. The molecule has 3 heteroatoms. The SMILES string of the molecule is [2H]c1nc([2H])c(OC([2H])([2H])C([2H])([2H])[2H])c([2H])c1N. The number of anilines is 1. The molecule has 0 aliphatic carbocycles. The summed E-state index contributed by atoms with van der Waals surface area (Å²) in [4.78, 5) is 3.31. The Hall–Kier alpha value is -1.25. The quantitative estimate of drug-likeness (QED) is 0.678. The summed E-state index contributed by atoms with van der Waals surface area (Å²) >= 11 is 0. The Morgan fingerprint density at radius 2 is 2.90 bits per heavy atom. The third-order valence-corrected chi connectivity index (χ3v) is 0.735. The fraction of sp³-hybridized carbons (Fsp3) is 0.286. The molecule has 0 saturated heterocycles. The highest BCUT2D eigenvalue weighted by molar-refractivity contribution is 5.39. The van der Waals surface area contributed by atoms with Crippen LogP contribution in [0.2, 0.25) is 0 Å². The minimum Gasteiger partial charge on any atom is -0.492 e. The fourth-order valence-electron chi connectivity index (χ4n) is 0.417. The zero-order valence-corrected chi connectivity index (χ0v) is 4.93. The lowest BCUT2D eigenvalue weighted by atomic mass is 10.4. The van der Waals surface area contributed by atoms with Gasteiger partial charge in [-0.05, 0) is 6.85 Å². The van der Waals surface area contributed by atoms with Gasteiger partial charge in [-0.15, -0.1) is 0 Å². The standard InChI is InChI=1S/C7H10N2O/c1-2-10-7-3-6(8)4-9-5-7/h3-5H,2,8H2,1H3/i1D3,2D2,3D,4D,5D. The van der Waals surface area contributed by atoms with Gasteiger partial charge >= 0.3 is 0 Å². The molecule has 0 aliphatic heterocycles. The molecular formula is C7H10N2O. The van der Waals surface area contributed by atoms with Gasteiger partial charge in [0, 0.05) is 10.2 Å². The Balaban J connectivity index is 3.25. The summed E-state index contributed by atoms with van der Waals surface area (Å²) in [6, 6.07) is -0.631. The van der Waals surface area contributed by atoms with Crippen molar-refractivity contribution in [2.75, 3.05) is 12.3 Å². The minimum atomic E-state index is -3.10. The molecule has 10 heavy (non-hydrogen) atoms. The average Bonchev–Trinajstić information content (AvgIpc) is 2.20. The van der Waals surface area contributed by atoms with Crippen LogP contribution in [0.15, 0.2) is 18.4 Å². The maximum atomic E-state index is 7.48. The van der Waals surface area contributed by atoms with Crippen LogP contribution in [-0.4, -0.2) is 11.5 Å². The molecule has 0 amide bonds. The second-order valence-electron chi connectivity index (χ2n) is 1.41. The maximum Gasteiger partial charge on any atom is 0.139 e. The molecule has 54 valence electrons. The van der Waals surface area contributed by atoms with Gasteiger partial charge in [-0.2, -0.15) is 0 Å². The van der Waals surface area contributed by atoms with Gasteiger partial charge in [-0.3, -0.25) is 4.98 Å². The van der Waals surface area contributed by atoms with Crippen LogP contribution in [0, 0.1) is 0 Å². The molecule has 0 radical (unpaired) electrons. The summed E-state index contributed by atoms with van der Waals surface area (Å²) in [7, 11) is 0. The zero-order chi connectivity index (χ0) is 14.3. The molecule has 0 saturated carbocycles. The number of ether oxygens (including phenoxy) is 1. The van der Waals surface area contributed by atoms with E-state index in [2.05, 4.69) is 9.72 Å². The molecule has 0 atom stereocenters. The van der Waals surface area contributed by atoms with Gasteiger partial charge in [0.15, 0.2) is 0 Å². The summed E-state index contributed by atoms with van der Waals surface area (Å²) in [5, 5.41) is 0. The van der Waals surface area contributed by atoms with E-state index in [0.29, 0.717) is 0 Å². The number of nitrogen functional groups attached to an aromatic ring is 1. The van der Waals surface area contributed by atoms with E-state index in [1.165, 1.54) is 0 Å². The zero-order valence-electron chi connectivity index (χ0n) is 12.9. The molecule has 0 aliphatic rings. The average molecular weight is 146 g/mol. The Bertz CT molecular complexity index is 471. The van der Waals surface area contributed by atoms with E-state index in [1.54, 1.807) is 0 Å². The molecule has 0 spiro atoms. The Morgan fingerprint density at radius 3 is 3.70 bits per heavy atom. The van der Waals surface area contributed by atoms with Crippen molar-refractivity contribution in [1.82, 2.24) is 4.98 Å². The predicted molar refractivity (Wildman–Crippen MR) is 39.8 cm³/mol. The van der Waals surface area contributed by atoms with Gasteiger partial charge in [-0.1, -0.05) is 0 Å². The third kappa shape index (κ3) is 1.62. The lowest BCUT2D eigenvalue weighted by Gasteiger charge is -2.00. The van der Waals surface area contributed by atoms with E-state index in [9.17, 15) is 0 Å². The van der Waals surface area contributed by atoms with Crippen molar-refractivity contribution in [1.29, 1.82) is 0 Å². The number of nitrogens with two attached hydrogens (primary N) is 1. The van der Waals surface area contributed by atoms with Crippen molar-refractivity contribution in [2.45, 2.75) is 6.85 Å². The molecule has 2 N–H and O–H groups in total. The number of pyridine rings is 1. The summed E-state index contributed by atoms with van der Waals surface area (Å²) in [6.45, 7) is -6.18. The van der Waals surface area contributed by atoms with Gasteiger partial charge < -0.3 is 10.5 Å². The van der Waals surface area contributed by atoms with E-state index < -0.39 is 43.2 Å². The normalized spacial score (nSPS) is 23.6. The first-order valence-corrected chi connectivity index (χ1v) is 2.39. The van der Waals surface area contributed by atoms with Crippen LogP contribution >= 0.6 is 0 Å². The molecule has 1 aromatic rings. The Kier molecular flexibility index (Phi) is 0.572. The first kappa shape index (κ1) is 1.87. The topological polar surface area (TPSA) is 48.1 Å². The highest BCUT2D eigenvalue weighted by atomic mass is 16.5. The Labute approximate surface area is 71.1 Å². The van der Waals surface area contributed by atoms with Crippen molar-refractivity contribution < 1.29 is 15.7 Å². The largest absolute Gasteiger partial charge is 0.492 e. The highest BCUT2D eigenvalue weighted by Crippen LogP contribution is 2.11. The molecule has 0 bridgehead atoms. The van der Waals surface area contributed by atoms with Crippen molar-refractivity contribution >= 4 is 5.69 Å². The third-order valence-electron chi connectivity index (χ3n) is 0.735. The van der Waals surface area contributed by atoms with Crippen molar-refractivity contribution in [3.05, 3.63) is 18.4 Å². The van der Waals surface area contributed by atoms with Crippen LogP contribution in [0.5, 0.6) is 5.75 Å². The molecule has 0 aromatic carbocycles.